The van der Waals surface area contributed by atoms with Crippen LogP contribution in [0.15, 0.2) is 4.79 Å². The number of nitriles is 1. The summed E-state index contributed by atoms with van der Waals surface area (Å²) in [6, 6.07) is 1.92. The van der Waals surface area contributed by atoms with Gasteiger partial charge in [-0.25, -0.2) is 4.68 Å². The SMILES string of the molecule is CCCCN(CCCC)C(=O)Cn1nc(C)c(C)c(C#N)c1=O. The van der Waals surface area contributed by atoms with Gasteiger partial charge in [0.15, 0.2) is 0 Å². The van der Waals surface area contributed by atoms with Crippen molar-refractivity contribution in [1.29, 1.82) is 5.26 Å². The fourth-order valence-electron chi connectivity index (χ4n) is 2.30. The largest absolute Gasteiger partial charge is 0.341 e. The van der Waals surface area contributed by atoms with Crippen molar-refractivity contribution < 1.29 is 4.79 Å². The molecule has 23 heavy (non-hydrogen) atoms. The minimum absolute atomic E-state index is 0.0685. The maximum absolute atomic E-state index is 12.5. The van der Waals surface area contributed by atoms with Gasteiger partial charge in [0, 0.05) is 13.1 Å². The molecule has 0 saturated heterocycles. The van der Waals surface area contributed by atoms with E-state index in [2.05, 4.69) is 18.9 Å². The van der Waals surface area contributed by atoms with Gasteiger partial charge >= 0.3 is 0 Å². The van der Waals surface area contributed by atoms with Crippen LogP contribution in [-0.2, 0) is 11.3 Å². The van der Waals surface area contributed by atoms with E-state index in [1.807, 2.05) is 6.07 Å². The van der Waals surface area contributed by atoms with Crippen molar-refractivity contribution in [2.45, 2.75) is 59.9 Å². The average Bonchev–Trinajstić information content (AvgIpc) is 2.53. The van der Waals surface area contributed by atoms with E-state index < -0.39 is 5.56 Å². The molecule has 0 N–H and O–H groups in total. The molecule has 0 aromatic carbocycles. The van der Waals surface area contributed by atoms with E-state index in [1.54, 1.807) is 18.7 Å². The second kappa shape index (κ2) is 9.09. The quantitative estimate of drug-likeness (QED) is 0.736. The van der Waals surface area contributed by atoms with Gasteiger partial charge in [0.25, 0.3) is 5.56 Å². The minimum Gasteiger partial charge on any atom is -0.341 e. The van der Waals surface area contributed by atoms with Gasteiger partial charge in [-0.05, 0) is 32.3 Å². The van der Waals surface area contributed by atoms with Crippen LogP contribution in [0.2, 0.25) is 0 Å². The van der Waals surface area contributed by atoms with Gasteiger partial charge in [0.05, 0.1) is 5.69 Å². The van der Waals surface area contributed by atoms with Gasteiger partial charge in [-0.2, -0.15) is 10.4 Å². The van der Waals surface area contributed by atoms with Crippen LogP contribution < -0.4 is 5.56 Å². The summed E-state index contributed by atoms with van der Waals surface area (Å²) in [5, 5.41) is 13.3. The fraction of sp³-hybridized carbons (Fsp3) is 0.647. The molecule has 0 radical (unpaired) electrons. The molecule has 0 spiro atoms. The van der Waals surface area contributed by atoms with Crippen molar-refractivity contribution in [2.24, 2.45) is 0 Å². The average molecular weight is 318 g/mol. The lowest BCUT2D eigenvalue weighted by molar-refractivity contribution is -0.132. The summed E-state index contributed by atoms with van der Waals surface area (Å²) in [7, 11) is 0. The number of rotatable bonds is 8. The van der Waals surface area contributed by atoms with Crippen LogP contribution >= 0.6 is 0 Å². The first-order chi connectivity index (χ1) is 11.0. The minimum atomic E-state index is -0.491. The van der Waals surface area contributed by atoms with Crippen molar-refractivity contribution >= 4 is 5.91 Å². The Morgan fingerprint density at radius 1 is 1.22 bits per heavy atom. The zero-order valence-corrected chi connectivity index (χ0v) is 14.6. The highest BCUT2D eigenvalue weighted by Crippen LogP contribution is 2.06. The number of aryl methyl sites for hydroxylation is 1. The maximum atomic E-state index is 12.5. The van der Waals surface area contributed by atoms with Crippen LogP contribution in [0.1, 0.15) is 56.4 Å². The third-order valence-corrected chi connectivity index (χ3v) is 3.95. The lowest BCUT2D eigenvalue weighted by Crippen LogP contribution is -2.39. The van der Waals surface area contributed by atoms with E-state index in [0.29, 0.717) is 24.3 Å². The molecule has 6 heteroatoms. The maximum Gasteiger partial charge on any atom is 0.285 e. The van der Waals surface area contributed by atoms with E-state index in [4.69, 9.17) is 5.26 Å². The summed E-state index contributed by atoms with van der Waals surface area (Å²) < 4.78 is 1.12. The molecule has 126 valence electrons. The Kier molecular flexibility index (Phi) is 7.46. The van der Waals surface area contributed by atoms with Gasteiger partial charge in [-0.15, -0.1) is 0 Å². The van der Waals surface area contributed by atoms with Crippen molar-refractivity contribution in [3.63, 3.8) is 0 Å². The molecule has 1 heterocycles. The molecular formula is C17H26N4O2. The summed E-state index contributed by atoms with van der Waals surface area (Å²) in [5.74, 6) is -0.117. The number of carbonyl (C=O) groups excluding carboxylic acids is 1. The van der Waals surface area contributed by atoms with Crippen LogP contribution in [0.3, 0.4) is 0 Å². The first-order valence-corrected chi connectivity index (χ1v) is 8.22. The Hall–Kier alpha value is -2.16. The first-order valence-electron chi connectivity index (χ1n) is 8.22. The summed E-state index contributed by atoms with van der Waals surface area (Å²) in [4.78, 5) is 26.6. The lowest BCUT2D eigenvalue weighted by atomic mass is 10.1. The smallest absolute Gasteiger partial charge is 0.285 e. The van der Waals surface area contributed by atoms with Crippen LogP contribution in [0.5, 0.6) is 0 Å². The second-order valence-corrected chi connectivity index (χ2v) is 5.75. The Labute approximate surface area is 137 Å². The third kappa shape index (κ3) is 4.92. The molecule has 0 fully saturated rings. The van der Waals surface area contributed by atoms with Crippen molar-refractivity contribution in [2.75, 3.05) is 13.1 Å². The molecule has 1 aromatic heterocycles. The van der Waals surface area contributed by atoms with E-state index in [0.717, 1.165) is 30.4 Å². The second-order valence-electron chi connectivity index (χ2n) is 5.75. The molecule has 0 atom stereocenters. The molecule has 0 aliphatic rings. The van der Waals surface area contributed by atoms with Gasteiger partial charge in [-0.1, -0.05) is 26.7 Å². The van der Waals surface area contributed by atoms with Crippen LogP contribution in [0.25, 0.3) is 0 Å². The molecule has 0 aliphatic carbocycles. The number of aromatic nitrogens is 2. The molecule has 0 saturated carbocycles. The molecule has 6 nitrogen and oxygen atoms in total. The number of hydrogen-bond donors (Lipinski definition) is 0. The van der Waals surface area contributed by atoms with Crippen LogP contribution in [0.4, 0.5) is 0 Å². The highest BCUT2D eigenvalue weighted by Gasteiger charge is 2.17. The molecule has 1 rings (SSSR count). The molecule has 1 aromatic rings. The Bertz CT molecular complexity index is 635. The Morgan fingerprint density at radius 2 is 1.78 bits per heavy atom. The summed E-state index contributed by atoms with van der Waals surface area (Å²) in [6.07, 6.45) is 3.90. The van der Waals surface area contributed by atoms with Crippen molar-refractivity contribution in [3.05, 3.63) is 27.2 Å². The van der Waals surface area contributed by atoms with E-state index >= 15 is 0 Å². The number of nitrogens with zero attached hydrogens (tertiary/aromatic N) is 4. The zero-order valence-electron chi connectivity index (χ0n) is 14.6. The highest BCUT2D eigenvalue weighted by molar-refractivity contribution is 5.75. The number of carbonyl (C=O) groups is 1. The summed E-state index contributed by atoms with van der Waals surface area (Å²) in [5.41, 5.74) is 0.756. The Morgan fingerprint density at radius 3 is 2.26 bits per heavy atom. The van der Waals surface area contributed by atoms with E-state index in [9.17, 15) is 9.59 Å². The van der Waals surface area contributed by atoms with Crippen LogP contribution in [0, 0.1) is 25.2 Å². The molecular weight excluding hydrogens is 292 g/mol. The van der Waals surface area contributed by atoms with Gasteiger partial charge in [-0.3, -0.25) is 9.59 Å². The highest BCUT2D eigenvalue weighted by atomic mass is 16.2. The normalized spacial score (nSPS) is 10.4. The van der Waals surface area contributed by atoms with Crippen molar-refractivity contribution in [3.8, 4) is 6.07 Å². The summed E-state index contributed by atoms with van der Waals surface area (Å²) in [6.45, 7) is 8.88. The number of hydrogen-bond acceptors (Lipinski definition) is 4. The molecule has 0 bridgehead atoms. The van der Waals surface area contributed by atoms with Crippen molar-refractivity contribution in [1.82, 2.24) is 14.7 Å². The molecule has 0 unspecified atom stereocenters. The van der Waals surface area contributed by atoms with E-state index in [-0.39, 0.29) is 18.0 Å². The third-order valence-electron chi connectivity index (χ3n) is 3.95. The van der Waals surface area contributed by atoms with E-state index in [1.165, 1.54) is 0 Å². The van der Waals surface area contributed by atoms with Gasteiger partial charge < -0.3 is 4.90 Å². The Balaban J connectivity index is 3.00. The lowest BCUT2D eigenvalue weighted by Gasteiger charge is -2.22. The van der Waals surface area contributed by atoms with Gasteiger partial charge in [0.2, 0.25) is 5.91 Å². The standard InChI is InChI=1S/C17H26N4O2/c1-5-7-9-20(10-8-6-2)16(22)12-21-17(23)15(11-18)13(3)14(4)19-21/h5-10,12H2,1-4H3. The monoisotopic (exact) mass is 318 g/mol. The predicted molar refractivity (Wildman–Crippen MR) is 89.1 cm³/mol. The number of unbranched alkanes of at least 4 members (excludes halogenated alkanes) is 2. The molecule has 1 amide bonds. The first kappa shape index (κ1) is 18.9. The fourth-order valence-corrected chi connectivity index (χ4v) is 2.30. The summed E-state index contributed by atoms with van der Waals surface area (Å²) >= 11 is 0. The van der Waals surface area contributed by atoms with Crippen LogP contribution in [-0.4, -0.2) is 33.7 Å². The molecule has 0 aliphatic heterocycles. The number of amides is 1. The zero-order chi connectivity index (χ0) is 17.4. The van der Waals surface area contributed by atoms with Gasteiger partial charge in [0.1, 0.15) is 18.2 Å². The topological polar surface area (TPSA) is 79.0 Å². The predicted octanol–water partition coefficient (Wildman–Crippen LogP) is 2.16.